The average Bonchev–Trinajstić information content (AvgIpc) is 3.30. The molecule has 3 aromatic rings. The van der Waals surface area contributed by atoms with Gasteiger partial charge in [-0.1, -0.05) is 30.3 Å². The van der Waals surface area contributed by atoms with E-state index < -0.39 is 42.4 Å². The second-order valence-corrected chi connectivity index (χ2v) is 7.72. The molecule has 1 N–H and O–H groups in total. The zero-order chi connectivity index (χ0) is 24.3. The molecule has 1 aliphatic heterocycles. The lowest BCUT2D eigenvalue weighted by Gasteiger charge is -2.40. The van der Waals surface area contributed by atoms with Crippen molar-refractivity contribution in [2.45, 2.75) is 37.8 Å². The summed E-state index contributed by atoms with van der Waals surface area (Å²) in [5.74, 6) is 0.592. The third-order valence-corrected chi connectivity index (χ3v) is 5.33. The van der Waals surface area contributed by atoms with Crippen molar-refractivity contribution in [1.29, 1.82) is 0 Å². The number of benzene rings is 2. The third kappa shape index (κ3) is 5.75. The van der Waals surface area contributed by atoms with Gasteiger partial charge in [-0.2, -0.15) is 31.4 Å². The molecule has 0 bridgehead atoms. The number of nitrogens with one attached hydrogen (secondary N) is 1. The van der Waals surface area contributed by atoms with Crippen LogP contribution in [-0.2, 0) is 35.0 Å². The van der Waals surface area contributed by atoms with E-state index in [2.05, 4.69) is 15.2 Å². The highest BCUT2D eigenvalue weighted by molar-refractivity contribution is 5.33. The van der Waals surface area contributed by atoms with E-state index in [0.717, 1.165) is 5.56 Å². The Balaban J connectivity index is 1.59. The van der Waals surface area contributed by atoms with E-state index in [1.165, 1.54) is 6.33 Å². The van der Waals surface area contributed by atoms with E-state index >= 15 is 0 Å². The van der Waals surface area contributed by atoms with Crippen molar-refractivity contribution >= 4 is 0 Å². The van der Waals surface area contributed by atoms with Gasteiger partial charge in [-0.05, 0) is 29.3 Å². The van der Waals surface area contributed by atoms with Crippen LogP contribution in [0.25, 0.3) is 0 Å². The second kappa shape index (κ2) is 9.72. The van der Waals surface area contributed by atoms with Crippen LogP contribution < -0.4 is 0 Å². The highest BCUT2D eigenvalue weighted by atomic mass is 19.4. The number of alkyl halides is 6. The monoisotopic (exact) mass is 486 g/mol. The van der Waals surface area contributed by atoms with Crippen molar-refractivity contribution < 1.29 is 35.8 Å². The van der Waals surface area contributed by atoms with Crippen LogP contribution in [0.3, 0.4) is 0 Å². The number of aromatic amines is 1. The van der Waals surface area contributed by atoms with Crippen LogP contribution in [0.5, 0.6) is 0 Å². The first kappa shape index (κ1) is 24.2. The fourth-order valence-corrected chi connectivity index (χ4v) is 3.80. The molecule has 182 valence electrons. The quantitative estimate of drug-likeness (QED) is 0.499. The minimum absolute atomic E-state index is 0.0898. The molecule has 1 saturated heterocycles. The summed E-state index contributed by atoms with van der Waals surface area (Å²) < 4.78 is 90.7. The van der Waals surface area contributed by atoms with Gasteiger partial charge in [-0.3, -0.25) is 10.00 Å². The molecule has 1 aliphatic rings. The van der Waals surface area contributed by atoms with E-state index in [1.54, 1.807) is 0 Å². The Morgan fingerprint density at radius 2 is 1.68 bits per heavy atom. The molecule has 1 aromatic heterocycles. The molecule has 34 heavy (non-hydrogen) atoms. The first-order valence-corrected chi connectivity index (χ1v) is 10.3. The minimum atomic E-state index is -4.93. The minimum Gasteiger partial charge on any atom is -0.349 e. The van der Waals surface area contributed by atoms with Crippen molar-refractivity contribution in [1.82, 2.24) is 20.1 Å². The summed E-state index contributed by atoms with van der Waals surface area (Å²) >= 11 is 0. The maximum atomic E-state index is 13.2. The maximum Gasteiger partial charge on any atom is 0.416 e. The molecule has 2 atom stereocenters. The van der Waals surface area contributed by atoms with Crippen LogP contribution >= 0.6 is 0 Å². The number of morpholine rings is 1. The molecular formula is C22H20F6N4O2. The van der Waals surface area contributed by atoms with Gasteiger partial charge in [0.05, 0.1) is 36.9 Å². The van der Waals surface area contributed by atoms with Crippen LogP contribution in [-0.4, -0.2) is 39.5 Å². The van der Waals surface area contributed by atoms with Crippen LogP contribution in [0.4, 0.5) is 26.3 Å². The number of hydrogen-bond donors (Lipinski definition) is 1. The normalized spacial score (nSPS) is 19.9. The molecule has 12 heteroatoms. The zero-order valence-corrected chi connectivity index (χ0v) is 17.6. The smallest absolute Gasteiger partial charge is 0.349 e. The van der Waals surface area contributed by atoms with Gasteiger partial charge in [0.25, 0.3) is 0 Å². The molecule has 2 heterocycles. The molecule has 0 aliphatic carbocycles. The average molecular weight is 486 g/mol. The number of hydrogen-bond acceptors (Lipinski definition) is 5. The lowest BCUT2D eigenvalue weighted by molar-refractivity contribution is -0.218. The Morgan fingerprint density at radius 3 is 2.26 bits per heavy atom. The largest absolute Gasteiger partial charge is 0.416 e. The fraction of sp³-hybridized carbons (Fsp3) is 0.364. The van der Waals surface area contributed by atoms with Gasteiger partial charge in [0.2, 0.25) is 0 Å². The summed E-state index contributed by atoms with van der Waals surface area (Å²) in [6.07, 6.45) is -9.44. The number of halogens is 6. The SMILES string of the molecule is FC(F)(F)c1cc(CO[C@@H]2OCCN(Cc3ncn[nH]3)[C@H]2c2ccccc2)cc(C(F)(F)F)c1. The summed E-state index contributed by atoms with van der Waals surface area (Å²) in [4.78, 5) is 6.12. The van der Waals surface area contributed by atoms with Crippen molar-refractivity contribution in [2.75, 3.05) is 13.2 Å². The lowest BCUT2D eigenvalue weighted by atomic mass is 10.0. The molecule has 1 fully saturated rings. The predicted molar refractivity (Wildman–Crippen MR) is 107 cm³/mol. The van der Waals surface area contributed by atoms with Crippen molar-refractivity contribution in [3.63, 3.8) is 0 Å². The van der Waals surface area contributed by atoms with Crippen molar-refractivity contribution in [3.05, 3.63) is 82.9 Å². The van der Waals surface area contributed by atoms with Crippen molar-refractivity contribution in [3.8, 4) is 0 Å². The van der Waals surface area contributed by atoms with Gasteiger partial charge >= 0.3 is 12.4 Å². The second-order valence-electron chi connectivity index (χ2n) is 7.72. The van der Waals surface area contributed by atoms with Gasteiger partial charge in [0.1, 0.15) is 12.2 Å². The van der Waals surface area contributed by atoms with E-state index in [0.29, 0.717) is 31.0 Å². The summed E-state index contributed by atoms with van der Waals surface area (Å²) in [6, 6.07) is 10.1. The third-order valence-electron chi connectivity index (χ3n) is 5.33. The summed E-state index contributed by atoms with van der Waals surface area (Å²) in [5, 5.41) is 6.60. The molecule has 0 unspecified atom stereocenters. The predicted octanol–water partition coefficient (Wildman–Crippen LogP) is 4.96. The number of nitrogens with zero attached hydrogens (tertiary/aromatic N) is 3. The Hall–Kier alpha value is -2.96. The zero-order valence-electron chi connectivity index (χ0n) is 17.6. The molecule has 4 rings (SSSR count). The topological polar surface area (TPSA) is 63.3 Å². The highest BCUT2D eigenvalue weighted by Crippen LogP contribution is 2.37. The van der Waals surface area contributed by atoms with Gasteiger partial charge in [-0.25, -0.2) is 4.98 Å². The summed E-state index contributed by atoms with van der Waals surface area (Å²) in [6.45, 7) is 0.613. The molecule has 0 amide bonds. The fourth-order valence-electron chi connectivity index (χ4n) is 3.80. The van der Waals surface area contributed by atoms with E-state index in [1.807, 2.05) is 35.2 Å². The summed E-state index contributed by atoms with van der Waals surface area (Å²) in [5.41, 5.74) is -2.23. The van der Waals surface area contributed by atoms with E-state index in [4.69, 9.17) is 9.47 Å². The Labute approximate surface area is 190 Å². The molecular weight excluding hydrogens is 466 g/mol. The number of aromatic nitrogens is 3. The lowest BCUT2D eigenvalue weighted by Crippen LogP contribution is -2.46. The molecule has 2 aromatic carbocycles. The standard InChI is InChI=1S/C22H20F6N4O2/c23-21(24,25)16-8-14(9-17(10-16)22(26,27)28)12-34-20-19(15-4-2-1-3-5-15)32(6-7-33-20)11-18-29-13-30-31-18/h1-5,8-10,13,19-20H,6-7,11-12H2,(H,29,30,31)/t19-,20-/m0/s1. The molecule has 0 spiro atoms. The van der Waals surface area contributed by atoms with Crippen LogP contribution in [0, 0.1) is 0 Å². The van der Waals surface area contributed by atoms with Crippen LogP contribution in [0.1, 0.15) is 34.1 Å². The molecule has 0 saturated carbocycles. The van der Waals surface area contributed by atoms with Gasteiger partial charge in [0, 0.05) is 6.54 Å². The first-order valence-electron chi connectivity index (χ1n) is 10.3. The number of rotatable bonds is 6. The highest BCUT2D eigenvalue weighted by Gasteiger charge is 2.38. The molecule has 0 radical (unpaired) electrons. The Bertz CT molecular complexity index is 1040. The van der Waals surface area contributed by atoms with Crippen LogP contribution in [0.2, 0.25) is 0 Å². The van der Waals surface area contributed by atoms with Crippen molar-refractivity contribution in [2.24, 2.45) is 0 Å². The molecule has 6 nitrogen and oxygen atoms in total. The Kier molecular flexibility index (Phi) is 6.91. The van der Waals surface area contributed by atoms with Gasteiger partial charge in [0.15, 0.2) is 6.29 Å². The van der Waals surface area contributed by atoms with E-state index in [-0.39, 0.29) is 18.2 Å². The summed E-state index contributed by atoms with van der Waals surface area (Å²) in [7, 11) is 0. The number of ether oxygens (including phenoxy) is 2. The van der Waals surface area contributed by atoms with Gasteiger partial charge in [-0.15, -0.1) is 0 Å². The first-order chi connectivity index (χ1) is 16.1. The van der Waals surface area contributed by atoms with E-state index in [9.17, 15) is 26.3 Å². The maximum absolute atomic E-state index is 13.2. The Morgan fingerprint density at radius 1 is 1.00 bits per heavy atom. The van der Waals surface area contributed by atoms with Crippen LogP contribution in [0.15, 0.2) is 54.9 Å². The number of H-pyrrole nitrogens is 1. The van der Waals surface area contributed by atoms with Gasteiger partial charge < -0.3 is 9.47 Å².